The van der Waals surface area contributed by atoms with E-state index in [0.717, 1.165) is 35.3 Å². The Morgan fingerprint density at radius 1 is 1.03 bits per heavy atom. The van der Waals surface area contributed by atoms with Gasteiger partial charge in [0.25, 0.3) is 0 Å². The highest BCUT2D eigenvalue weighted by molar-refractivity contribution is 7.18. The van der Waals surface area contributed by atoms with Crippen LogP contribution in [0.5, 0.6) is 0 Å². The van der Waals surface area contributed by atoms with Crippen LogP contribution in [0.4, 0.5) is 0 Å². The Kier molecular flexibility index (Phi) is 6.60. The van der Waals surface area contributed by atoms with E-state index in [1.54, 1.807) is 12.1 Å². The standard InChI is InChI=1S/C24H24ClN3OS/c25-23-11-10-22(30-23)21(29)9-4-17-14-20(16-27-15-17)18-5-7-19(8-6-18)24(26)28-12-2-1-3-13-28/h5-8,10-11,14-16,26H,1-4,9,12-13H2. The van der Waals surface area contributed by atoms with E-state index in [1.165, 1.54) is 30.6 Å². The fraction of sp³-hybridized carbons (Fsp3) is 0.292. The summed E-state index contributed by atoms with van der Waals surface area (Å²) in [6.07, 6.45) is 8.34. The van der Waals surface area contributed by atoms with Gasteiger partial charge < -0.3 is 4.90 Å². The van der Waals surface area contributed by atoms with Crippen molar-refractivity contribution in [1.82, 2.24) is 9.88 Å². The second kappa shape index (κ2) is 9.54. The van der Waals surface area contributed by atoms with Gasteiger partial charge in [0.15, 0.2) is 5.78 Å². The van der Waals surface area contributed by atoms with Crippen LogP contribution < -0.4 is 0 Å². The molecule has 1 fully saturated rings. The average Bonchev–Trinajstić information content (AvgIpc) is 3.24. The largest absolute Gasteiger partial charge is 0.357 e. The molecule has 0 atom stereocenters. The summed E-state index contributed by atoms with van der Waals surface area (Å²) in [5.74, 6) is 0.721. The van der Waals surface area contributed by atoms with Crippen LogP contribution in [0.2, 0.25) is 4.34 Å². The number of nitrogens with one attached hydrogen (secondary N) is 1. The van der Waals surface area contributed by atoms with Gasteiger partial charge in [0.2, 0.25) is 0 Å². The Balaban J connectivity index is 1.41. The van der Waals surface area contributed by atoms with Crippen molar-refractivity contribution in [3.05, 3.63) is 75.2 Å². The van der Waals surface area contributed by atoms with Gasteiger partial charge in [-0.05, 0) is 55.0 Å². The molecular formula is C24H24ClN3OS. The van der Waals surface area contributed by atoms with Crippen LogP contribution in [0, 0.1) is 5.41 Å². The van der Waals surface area contributed by atoms with E-state index in [-0.39, 0.29) is 5.78 Å². The molecule has 0 amide bonds. The lowest BCUT2D eigenvalue weighted by Crippen LogP contribution is -2.35. The number of ketones is 1. The molecule has 4 rings (SSSR count). The van der Waals surface area contributed by atoms with Crippen LogP contribution in [0.3, 0.4) is 0 Å². The summed E-state index contributed by atoms with van der Waals surface area (Å²) in [5.41, 5.74) is 4.07. The fourth-order valence-electron chi connectivity index (χ4n) is 3.75. The lowest BCUT2D eigenvalue weighted by Gasteiger charge is -2.29. The number of aryl methyl sites for hydroxylation is 1. The molecule has 30 heavy (non-hydrogen) atoms. The van der Waals surface area contributed by atoms with Gasteiger partial charge in [-0.1, -0.05) is 35.9 Å². The summed E-state index contributed by atoms with van der Waals surface area (Å²) in [7, 11) is 0. The molecule has 3 aromatic rings. The Labute approximate surface area is 186 Å². The number of carbonyl (C=O) groups excluding carboxylic acids is 1. The highest BCUT2D eigenvalue weighted by Gasteiger charge is 2.15. The second-order valence-corrected chi connectivity index (χ2v) is 9.30. The molecule has 6 heteroatoms. The molecule has 0 spiro atoms. The van der Waals surface area contributed by atoms with E-state index in [2.05, 4.69) is 16.0 Å². The molecule has 0 bridgehead atoms. The van der Waals surface area contributed by atoms with Crippen LogP contribution in [-0.2, 0) is 6.42 Å². The SMILES string of the molecule is N=C(c1ccc(-c2cncc(CCC(=O)c3ccc(Cl)s3)c2)cc1)N1CCCCC1. The fourth-order valence-corrected chi connectivity index (χ4v) is 4.76. The summed E-state index contributed by atoms with van der Waals surface area (Å²) < 4.78 is 0.638. The molecule has 0 radical (unpaired) electrons. The number of piperidine rings is 1. The summed E-state index contributed by atoms with van der Waals surface area (Å²) in [6, 6.07) is 13.8. The van der Waals surface area contributed by atoms with E-state index >= 15 is 0 Å². The Hall–Kier alpha value is -2.50. The number of nitrogens with zero attached hydrogens (tertiary/aromatic N) is 2. The maximum Gasteiger partial charge on any atom is 0.173 e. The van der Waals surface area contributed by atoms with Crippen molar-refractivity contribution in [3.63, 3.8) is 0 Å². The molecular weight excluding hydrogens is 414 g/mol. The third-order valence-corrected chi connectivity index (χ3v) is 6.72. The smallest absolute Gasteiger partial charge is 0.173 e. The first-order valence-corrected chi connectivity index (χ1v) is 11.5. The number of hydrogen-bond acceptors (Lipinski definition) is 4. The summed E-state index contributed by atoms with van der Waals surface area (Å²) in [4.78, 5) is 19.6. The molecule has 0 unspecified atom stereocenters. The molecule has 1 N–H and O–H groups in total. The minimum atomic E-state index is 0.109. The van der Waals surface area contributed by atoms with Gasteiger partial charge in [0.1, 0.15) is 5.84 Å². The molecule has 1 aromatic carbocycles. The first-order chi connectivity index (χ1) is 14.6. The number of Topliss-reactive ketones (excluding diaryl/α,β-unsaturated/α-hetero) is 1. The predicted molar refractivity (Wildman–Crippen MR) is 124 cm³/mol. The van der Waals surface area contributed by atoms with Crippen molar-refractivity contribution < 1.29 is 4.79 Å². The first-order valence-electron chi connectivity index (χ1n) is 10.3. The lowest BCUT2D eigenvalue weighted by atomic mass is 10.0. The van der Waals surface area contributed by atoms with Crippen LogP contribution in [0.1, 0.15) is 46.5 Å². The number of likely N-dealkylation sites (tertiary alicyclic amines) is 1. The minimum absolute atomic E-state index is 0.109. The number of thiophene rings is 1. The van der Waals surface area contributed by atoms with Crippen molar-refractivity contribution in [2.24, 2.45) is 0 Å². The molecule has 1 aliphatic rings. The Morgan fingerprint density at radius 3 is 2.50 bits per heavy atom. The zero-order chi connectivity index (χ0) is 20.9. The third kappa shape index (κ3) is 4.97. The van der Waals surface area contributed by atoms with Crippen LogP contribution in [0.25, 0.3) is 11.1 Å². The maximum absolute atomic E-state index is 12.3. The quantitative estimate of drug-likeness (QED) is 0.288. The van der Waals surface area contributed by atoms with Gasteiger partial charge in [-0.3, -0.25) is 15.2 Å². The van der Waals surface area contributed by atoms with Gasteiger partial charge in [0.05, 0.1) is 9.21 Å². The van der Waals surface area contributed by atoms with E-state index in [1.807, 2.05) is 36.7 Å². The number of benzene rings is 1. The molecule has 154 valence electrons. The van der Waals surface area contributed by atoms with Crippen molar-refractivity contribution in [1.29, 1.82) is 5.41 Å². The number of halogens is 1. The second-order valence-electron chi connectivity index (χ2n) is 7.58. The van der Waals surface area contributed by atoms with Gasteiger partial charge in [-0.15, -0.1) is 11.3 Å². The number of carbonyl (C=O) groups is 1. The third-order valence-electron chi connectivity index (χ3n) is 5.45. The topological polar surface area (TPSA) is 57.1 Å². The first kappa shape index (κ1) is 20.8. The van der Waals surface area contributed by atoms with Crippen molar-refractivity contribution in [3.8, 4) is 11.1 Å². The number of aromatic nitrogens is 1. The predicted octanol–water partition coefficient (Wildman–Crippen LogP) is 6.09. The van der Waals surface area contributed by atoms with Crippen LogP contribution in [0.15, 0.2) is 54.9 Å². The number of amidine groups is 1. The number of hydrogen-bond donors (Lipinski definition) is 1. The minimum Gasteiger partial charge on any atom is -0.357 e. The van der Waals surface area contributed by atoms with E-state index in [9.17, 15) is 4.79 Å². The van der Waals surface area contributed by atoms with Gasteiger partial charge in [-0.2, -0.15) is 0 Å². The van der Waals surface area contributed by atoms with E-state index < -0.39 is 0 Å². The van der Waals surface area contributed by atoms with Crippen molar-refractivity contribution in [2.75, 3.05) is 13.1 Å². The molecule has 4 nitrogen and oxygen atoms in total. The average molecular weight is 438 g/mol. The van der Waals surface area contributed by atoms with Gasteiger partial charge in [-0.25, -0.2) is 0 Å². The number of rotatable bonds is 6. The molecule has 1 saturated heterocycles. The highest BCUT2D eigenvalue weighted by Crippen LogP contribution is 2.24. The van der Waals surface area contributed by atoms with Crippen LogP contribution >= 0.6 is 22.9 Å². The van der Waals surface area contributed by atoms with E-state index in [4.69, 9.17) is 17.0 Å². The zero-order valence-electron chi connectivity index (χ0n) is 16.7. The molecule has 2 aromatic heterocycles. The summed E-state index contributed by atoms with van der Waals surface area (Å²) in [5, 5.41) is 8.48. The molecule has 0 saturated carbocycles. The molecule has 0 aliphatic carbocycles. The maximum atomic E-state index is 12.3. The lowest BCUT2D eigenvalue weighted by molar-refractivity contribution is 0.0986. The monoisotopic (exact) mass is 437 g/mol. The van der Waals surface area contributed by atoms with Crippen molar-refractivity contribution in [2.45, 2.75) is 32.1 Å². The van der Waals surface area contributed by atoms with E-state index in [0.29, 0.717) is 27.9 Å². The van der Waals surface area contributed by atoms with Crippen LogP contribution in [-0.4, -0.2) is 34.6 Å². The Morgan fingerprint density at radius 2 is 1.80 bits per heavy atom. The van der Waals surface area contributed by atoms with Crippen molar-refractivity contribution >= 4 is 34.6 Å². The molecule has 1 aliphatic heterocycles. The summed E-state index contributed by atoms with van der Waals surface area (Å²) >= 11 is 7.25. The number of pyridine rings is 1. The van der Waals surface area contributed by atoms with Gasteiger partial charge >= 0.3 is 0 Å². The summed E-state index contributed by atoms with van der Waals surface area (Å²) in [6.45, 7) is 1.95. The normalized spacial score (nSPS) is 14.0. The highest BCUT2D eigenvalue weighted by atomic mass is 35.5. The molecule has 3 heterocycles. The Bertz CT molecular complexity index is 1040. The van der Waals surface area contributed by atoms with Gasteiger partial charge in [0, 0.05) is 43.0 Å². The zero-order valence-corrected chi connectivity index (χ0v) is 18.3.